The molecule has 1 saturated carbocycles. The van der Waals surface area contributed by atoms with Crippen LogP contribution in [-0.4, -0.2) is 56.8 Å². The number of hydrogen-bond acceptors (Lipinski definition) is 4. The molecule has 1 aromatic carbocycles. The summed E-state index contributed by atoms with van der Waals surface area (Å²) in [7, 11) is 1.69. The molecule has 1 aliphatic heterocycles. The highest BCUT2D eigenvalue weighted by Crippen LogP contribution is 2.37. The predicted octanol–water partition coefficient (Wildman–Crippen LogP) is 3.65. The van der Waals surface area contributed by atoms with Gasteiger partial charge in [0.25, 0.3) is 0 Å². The first kappa shape index (κ1) is 22.0. The largest absolute Gasteiger partial charge is 0.493 e. The number of aryl methyl sites for hydroxylation is 1. The van der Waals surface area contributed by atoms with Crippen molar-refractivity contribution in [3.8, 4) is 5.75 Å². The average Bonchev–Trinajstić information content (AvgIpc) is 2.72. The van der Waals surface area contributed by atoms with Crippen LogP contribution < -0.4 is 20.7 Å². The van der Waals surface area contributed by atoms with Crippen molar-refractivity contribution < 1.29 is 9.53 Å². The third-order valence-corrected chi connectivity index (χ3v) is 6.74. The quantitative estimate of drug-likeness (QED) is 0.703. The number of carbonyl (C=O) groups is 1. The highest BCUT2D eigenvalue weighted by Gasteiger charge is 2.25. The van der Waals surface area contributed by atoms with Crippen molar-refractivity contribution in [1.82, 2.24) is 10.2 Å². The fraction of sp³-hybridized carbons (Fsp3) is 0.682. The molecular weight excluding hydrogens is 388 g/mol. The van der Waals surface area contributed by atoms with Crippen LogP contribution in [0.2, 0.25) is 5.02 Å². The number of amides is 2. The van der Waals surface area contributed by atoms with Crippen molar-refractivity contribution in [2.75, 3.05) is 44.7 Å². The summed E-state index contributed by atoms with van der Waals surface area (Å²) in [6.45, 7) is 7.42. The van der Waals surface area contributed by atoms with E-state index in [0.29, 0.717) is 5.02 Å². The minimum Gasteiger partial charge on any atom is -0.493 e. The maximum absolute atomic E-state index is 11.0. The van der Waals surface area contributed by atoms with Crippen LogP contribution in [0.15, 0.2) is 12.1 Å². The van der Waals surface area contributed by atoms with E-state index in [4.69, 9.17) is 22.1 Å². The number of rotatable bonds is 7. The van der Waals surface area contributed by atoms with Gasteiger partial charge in [-0.1, -0.05) is 18.5 Å². The number of halogens is 1. The third-order valence-electron chi connectivity index (χ3n) is 6.46. The van der Waals surface area contributed by atoms with Crippen molar-refractivity contribution in [3.63, 3.8) is 0 Å². The Morgan fingerprint density at radius 1 is 1.21 bits per heavy atom. The summed E-state index contributed by atoms with van der Waals surface area (Å²) in [5.74, 6) is 1.55. The number of ether oxygens (including phenoxy) is 1. The monoisotopic (exact) mass is 422 g/mol. The standard InChI is InChI=1S/C22H35ClN4O2/c1-3-16-14-19(23)21(29-2)20(15-16)27-12-10-26(11-13-27)9-8-17-4-6-18(7-5-17)25-22(24)28/h14-15,17-18H,3-13H2,1-2H3,(H3,24,25,28). The third kappa shape index (κ3) is 5.92. The van der Waals surface area contributed by atoms with Crippen molar-refractivity contribution in [1.29, 1.82) is 0 Å². The number of piperazine rings is 1. The normalized spacial score (nSPS) is 23.1. The number of primary amides is 1. The van der Waals surface area contributed by atoms with E-state index in [0.717, 1.165) is 69.3 Å². The highest BCUT2D eigenvalue weighted by atomic mass is 35.5. The van der Waals surface area contributed by atoms with Crippen molar-refractivity contribution in [2.24, 2.45) is 11.7 Å². The van der Waals surface area contributed by atoms with Crippen LogP contribution in [0.25, 0.3) is 0 Å². The molecule has 3 N–H and O–H groups in total. The van der Waals surface area contributed by atoms with Crippen LogP contribution in [0.1, 0.15) is 44.6 Å². The number of benzene rings is 1. The molecule has 1 saturated heterocycles. The molecule has 0 spiro atoms. The molecule has 0 radical (unpaired) electrons. The zero-order valence-corrected chi connectivity index (χ0v) is 18.5. The molecule has 2 amide bonds. The molecule has 6 nitrogen and oxygen atoms in total. The summed E-state index contributed by atoms with van der Waals surface area (Å²) >= 11 is 6.44. The van der Waals surface area contributed by atoms with Crippen LogP contribution in [-0.2, 0) is 6.42 Å². The summed E-state index contributed by atoms with van der Waals surface area (Å²) in [5, 5.41) is 3.55. The molecule has 162 valence electrons. The Hall–Kier alpha value is -1.66. The fourth-order valence-electron chi connectivity index (χ4n) is 4.65. The molecule has 3 rings (SSSR count). The Kier molecular flexibility index (Phi) is 7.90. The lowest BCUT2D eigenvalue weighted by atomic mass is 9.84. The molecule has 1 heterocycles. The summed E-state index contributed by atoms with van der Waals surface area (Å²) in [5.41, 5.74) is 7.60. The molecule has 0 aromatic heterocycles. The van der Waals surface area contributed by atoms with Gasteiger partial charge < -0.3 is 20.7 Å². The van der Waals surface area contributed by atoms with E-state index in [1.807, 2.05) is 6.07 Å². The summed E-state index contributed by atoms with van der Waals surface area (Å²) in [6, 6.07) is 4.11. The van der Waals surface area contributed by atoms with Gasteiger partial charge in [-0.3, -0.25) is 4.90 Å². The van der Waals surface area contributed by atoms with E-state index in [9.17, 15) is 4.79 Å². The van der Waals surface area contributed by atoms with Gasteiger partial charge in [0.05, 0.1) is 17.8 Å². The fourth-order valence-corrected chi connectivity index (χ4v) is 4.96. The van der Waals surface area contributed by atoms with Crippen LogP contribution >= 0.6 is 11.6 Å². The second-order valence-corrected chi connectivity index (χ2v) is 8.73. The zero-order valence-electron chi connectivity index (χ0n) is 17.8. The van der Waals surface area contributed by atoms with E-state index in [-0.39, 0.29) is 6.04 Å². The number of methoxy groups -OCH3 is 1. The van der Waals surface area contributed by atoms with Gasteiger partial charge in [-0.25, -0.2) is 4.79 Å². The van der Waals surface area contributed by atoms with Gasteiger partial charge in [0.2, 0.25) is 0 Å². The van der Waals surface area contributed by atoms with E-state index in [2.05, 4.69) is 28.1 Å². The number of anilines is 1. The maximum atomic E-state index is 11.0. The lowest BCUT2D eigenvalue weighted by Gasteiger charge is -2.38. The molecule has 1 aromatic rings. The molecule has 7 heteroatoms. The van der Waals surface area contributed by atoms with E-state index in [1.54, 1.807) is 7.11 Å². The predicted molar refractivity (Wildman–Crippen MR) is 119 cm³/mol. The first-order valence-corrected chi connectivity index (χ1v) is 11.3. The Bertz CT molecular complexity index is 684. The molecule has 1 aliphatic carbocycles. The van der Waals surface area contributed by atoms with E-state index >= 15 is 0 Å². The Morgan fingerprint density at radius 3 is 2.48 bits per heavy atom. The van der Waals surface area contributed by atoms with Gasteiger partial charge in [-0.15, -0.1) is 0 Å². The van der Waals surface area contributed by atoms with E-state index < -0.39 is 6.03 Å². The SMILES string of the molecule is CCc1cc(Cl)c(OC)c(N2CCN(CCC3CCC(NC(N)=O)CC3)CC2)c1. The summed E-state index contributed by atoms with van der Waals surface area (Å²) < 4.78 is 5.59. The van der Waals surface area contributed by atoms with E-state index in [1.165, 1.54) is 24.8 Å². The van der Waals surface area contributed by atoms with Crippen molar-refractivity contribution in [3.05, 3.63) is 22.7 Å². The van der Waals surface area contributed by atoms with Gasteiger partial charge in [0.15, 0.2) is 5.75 Å². The summed E-state index contributed by atoms with van der Waals surface area (Å²) in [4.78, 5) is 16.0. The Morgan fingerprint density at radius 2 is 1.90 bits per heavy atom. The van der Waals surface area contributed by atoms with Gasteiger partial charge in [-0.05, 0) is 68.7 Å². The Labute approximate surface area is 179 Å². The first-order valence-electron chi connectivity index (χ1n) is 10.9. The molecule has 2 aliphatic rings. The zero-order chi connectivity index (χ0) is 20.8. The molecule has 0 atom stereocenters. The van der Waals surface area contributed by atoms with Gasteiger partial charge in [0.1, 0.15) is 0 Å². The van der Waals surface area contributed by atoms with Crippen molar-refractivity contribution in [2.45, 2.75) is 51.5 Å². The highest BCUT2D eigenvalue weighted by molar-refractivity contribution is 6.32. The number of nitrogens with zero attached hydrogens (tertiary/aromatic N) is 2. The average molecular weight is 423 g/mol. The topological polar surface area (TPSA) is 70.8 Å². The number of nitrogens with one attached hydrogen (secondary N) is 1. The Balaban J connectivity index is 1.46. The lowest BCUT2D eigenvalue weighted by molar-refractivity contribution is 0.207. The summed E-state index contributed by atoms with van der Waals surface area (Å²) in [6.07, 6.45) is 6.68. The molecular formula is C22H35ClN4O2. The van der Waals surface area contributed by atoms with Gasteiger partial charge in [0, 0.05) is 32.2 Å². The van der Waals surface area contributed by atoms with Gasteiger partial charge in [-0.2, -0.15) is 0 Å². The smallest absolute Gasteiger partial charge is 0.312 e. The number of urea groups is 1. The number of hydrogen-bond donors (Lipinski definition) is 2. The van der Waals surface area contributed by atoms with Gasteiger partial charge >= 0.3 is 6.03 Å². The van der Waals surface area contributed by atoms with Crippen LogP contribution in [0, 0.1) is 5.92 Å². The lowest BCUT2D eigenvalue weighted by Crippen LogP contribution is -2.47. The molecule has 0 bridgehead atoms. The second kappa shape index (κ2) is 10.4. The van der Waals surface area contributed by atoms with Crippen molar-refractivity contribution >= 4 is 23.3 Å². The molecule has 29 heavy (non-hydrogen) atoms. The molecule has 0 unspecified atom stereocenters. The minimum absolute atomic E-state index is 0.271. The van der Waals surface area contributed by atoms with Crippen LogP contribution in [0.3, 0.4) is 0 Å². The second-order valence-electron chi connectivity index (χ2n) is 8.33. The number of nitrogens with two attached hydrogens (primary N) is 1. The molecule has 2 fully saturated rings. The number of carbonyl (C=O) groups excluding carboxylic acids is 1. The maximum Gasteiger partial charge on any atom is 0.312 e. The minimum atomic E-state index is -0.395. The van der Waals surface area contributed by atoms with Crippen LogP contribution in [0.5, 0.6) is 5.75 Å². The van der Waals surface area contributed by atoms with Crippen LogP contribution in [0.4, 0.5) is 10.5 Å². The first-order chi connectivity index (χ1) is 14.0.